The molecule has 1 aliphatic heterocycles. The van der Waals surface area contributed by atoms with Gasteiger partial charge in [-0.1, -0.05) is 5.57 Å². The van der Waals surface area contributed by atoms with Crippen LogP contribution in [-0.2, 0) is 9.59 Å². The molecular weight excluding hydrogens is 236 g/mol. The van der Waals surface area contributed by atoms with E-state index in [9.17, 15) is 14.4 Å². The molecule has 1 saturated heterocycles. The van der Waals surface area contributed by atoms with Crippen LogP contribution in [0.5, 0.6) is 0 Å². The first-order chi connectivity index (χ1) is 8.38. The maximum Gasteiger partial charge on any atom is 0.328 e. The van der Waals surface area contributed by atoms with E-state index in [0.29, 0.717) is 25.7 Å². The average molecular weight is 252 g/mol. The number of hydrogen-bond acceptors (Lipinski definition) is 3. The van der Waals surface area contributed by atoms with Gasteiger partial charge in [0.05, 0.1) is 0 Å². The van der Waals surface area contributed by atoms with Crippen molar-refractivity contribution in [2.24, 2.45) is 0 Å². The van der Waals surface area contributed by atoms with E-state index in [0.717, 1.165) is 10.5 Å². The number of amides is 3. The van der Waals surface area contributed by atoms with Crippen molar-refractivity contribution in [3.8, 4) is 0 Å². The molecule has 0 radical (unpaired) electrons. The Balaban J connectivity index is 2.20. The number of aliphatic carboxylic acids is 1. The highest BCUT2D eigenvalue weighted by molar-refractivity contribution is 6.06. The van der Waals surface area contributed by atoms with Gasteiger partial charge in [0.2, 0.25) is 0 Å². The fourth-order valence-electron chi connectivity index (χ4n) is 2.80. The van der Waals surface area contributed by atoms with Crippen LogP contribution in [0.2, 0.25) is 0 Å². The van der Waals surface area contributed by atoms with Crippen LogP contribution < -0.4 is 0 Å². The summed E-state index contributed by atoms with van der Waals surface area (Å²) in [6, 6.07) is -0.286. The standard InChI is InChI=1S/C12H16N2O4/c1-13-10(17)12(14(2)11(13)18)5-3-8(4-6-12)7-9(15)16/h7H,3-6H2,1-2H3,(H,15,16). The number of allylic oxidation sites excluding steroid dienone is 1. The zero-order valence-electron chi connectivity index (χ0n) is 10.5. The molecule has 0 aromatic carbocycles. The second kappa shape index (κ2) is 4.12. The Bertz CT molecular complexity index is 445. The summed E-state index contributed by atoms with van der Waals surface area (Å²) in [5, 5.41) is 8.69. The summed E-state index contributed by atoms with van der Waals surface area (Å²) < 4.78 is 0. The van der Waals surface area contributed by atoms with Crippen molar-refractivity contribution in [2.75, 3.05) is 14.1 Å². The van der Waals surface area contributed by atoms with Crippen LogP contribution in [0.4, 0.5) is 4.79 Å². The Hall–Kier alpha value is -1.85. The summed E-state index contributed by atoms with van der Waals surface area (Å²) in [7, 11) is 3.12. The van der Waals surface area contributed by atoms with Crippen molar-refractivity contribution >= 4 is 17.9 Å². The molecule has 0 aromatic heterocycles. The summed E-state index contributed by atoms with van der Waals surface area (Å²) in [6.07, 6.45) is 3.29. The van der Waals surface area contributed by atoms with Crippen LogP contribution in [0.25, 0.3) is 0 Å². The van der Waals surface area contributed by atoms with Crippen LogP contribution in [-0.4, -0.2) is 52.4 Å². The third-order valence-corrected chi connectivity index (χ3v) is 3.97. The number of urea groups is 1. The van der Waals surface area contributed by atoms with E-state index in [1.807, 2.05) is 0 Å². The number of carboxylic acids is 1. The molecule has 1 aliphatic carbocycles. The lowest BCUT2D eigenvalue weighted by molar-refractivity contribution is -0.133. The molecule has 0 aromatic rings. The van der Waals surface area contributed by atoms with Crippen molar-refractivity contribution in [3.63, 3.8) is 0 Å². The maximum absolute atomic E-state index is 12.2. The highest BCUT2D eigenvalue weighted by Gasteiger charge is 2.54. The Morgan fingerprint density at radius 3 is 2.22 bits per heavy atom. The molecule has 6 heteroatoms. The van der Waals surface area contributed by atoms with Crippen molar-refractivity contribution < 1.29 is 19.5 Å². The molecule has 1 saturated carbocycles. The minimum atomic E-state index is -0.958. The monoisotopic (exact) mass is 252 g/mol. The fourth-order valence-corrected chi connectivity index (χ4v) is 2.80. The van der Waals surface area contributed by atoms with Gasteiger partial charge in [-0.15, -0.1) is 0 Å². The Morgan fingerprint density at radius 2 is 1.83 bits per heavy atom. The summed E-state index contributed by atoms with van der Waals surface area (Å²) >= 11 is 0. The molecule has 1 spiro atoms. The number of imide groups is 1. The van der Waals surface area contributed by atoms with E-state index >= 15 is 0 Å². The SMILES string of the molecule is CN1C(=O)N(C)C2(CCC(=CC(=O)O)CC2)C1=O. The van der Waals surface area contributed by atoms with Crippen LogP contribution >= 0.6 is 0 Å². The van der Waals surface area contributed by atoms with Gasteiger partial charge in [-0.25, -0.2) is 9.59 Å². The summed E-state index contributed by atoms with van der Waals surface area (Å²) in [6.45, 7) is 0. The van der Waals surface area contributed by atoms with Crippen LogP contribution in [0.15, 0.2) is 11.6 Å². The molecular formula is C12H16N2O4. The number of carboxylic acid groups (broad SMARTS) is 1. The largest absolute Gasteiger partial charge is 0.478 e. The van der Waals surface area contributed by atoms with Crippen molar-refractivity contribution in [2.45, 2.75) is 31.2 Å². The molecule has 0 atom stereocenters. The van der Waals surface area contributed by atoms with Crippen molar-refractivity contribution in [1.29, 1.82) is 0 Å². The lowest BCUT2D eigenvalue weighted by Crippen LogP contribution is -2.49. The Kier molecular flexibility index (Phi) is 2.88. The van der Waals surface area contributed by atoms with Crippen molar-refractivity contribution in [3.05, 3.63) is 11.6 Å². The summed E-state index contributed by atoms with van der Waals surface area (Å²) in [5.41, 5.74) is 0.0677. The van der Waals surface area contributed by atoms with Crippen LogP contribution in [0.3, 0.4) is 0 Å². The smallest absolute Gasteiger partial charge is 0.328 e. The maximum atomic E-state index is 12.2. The second-order valence-corrected chi connectivity index (χ2v) is 4.88. The average Bonchev–Trinajstić information content (AvgIpc) is 2.48. The van der Waals surface area contributed by atoms with Gasteiger partial charge in [0.15, 0.2) is 0 Å². The summed E-state index contributed by atoms with van der Waals surface area (Å²) in [4.78, 5) is 37.2. The quantitative estimate of drug-likeness (QED) is 0.554. The minimum absolute atomic E-state index is 0.177. The van der Waals surface area contributed by atoms with Gasteiger partial charge in [-0.05, 0) is 25.7 Å². The third kappa shape index (κ3) is 1.68. The van der Waals surface area contributed by atoms with Gasteiger partial charge >= 0.3 is 12.0 Å². The van der Waals surface area contributed by atoms with E-state index < -0.39 is 11.5 Å². The predicted molar refractivity (Wildman–Crippen MR) is 62.8 cm³/mol. The van der Waals surface area contributed by atoms with Crippen LogP contribution in [0, 0.1) is 0 Å². The molecule has 2 rings (SSSR count). The fraction of sp³-hybridized carbons (Fsp3) is 0.583. The van der Waals surface area contributed by atoms with E-state index in [4.69, 9.17) is 5.11 Å². The lowest BCUT2D eigenvalue weighted by atomic mass is 9.78. The highest BCUT2D eigenvalue weighted by atomic mass is 16.4. The number of hydrogen-bond donors (Lipinski definition) is 1. The lowest BCUT2D eigenvalue weighted by Gasteiger charge is -2.36. The molecule has 2 aliphatic rings. The van der Waals surface area contributed by atoms with Gasteiger partial charge < -0.3 is 10.0 Å². The van der Waals surface area contributed by atoms with Crippen LogP contribution in [0.1, 0.15) is 25.7 Å². The molecule has 98 valence electrons. The van der Waals surface area contributed by atoms with Gasteiger partial charge in [-0.2, -0.15) is 0 Å². The van der Waals surface area contributed by atoms with Gasteiger partial charge in [-0.3, -0.25) is 9.69 Å². The minimum Gasteiger partial charge on any atom is -0.478 e. The molecule has 3 amide bonds. The predicted octanol–water partition coefficient (Wildman–Crippen LogP) is 0.834. The number of carbonyl (C=O) groups is 3. The normalized spacial score (nSPS) is 28.2. The van der Waals surface area contributed by atoms with E-state index in [-0.39, 0.29) is 11.9 Å². The second-order valence-electron chi connectivity index (χ2n) is 4.88. The number of likely N-dealkylation sites (N-methyl/N-ethyl adjacent to an activating group) is 2. The zero-order chi connectivity index (χ0) is 13.5. The molecule has 18 heavy (non-hydrogen) atoms. The van der Waals surface area contributed by atoms with E-state index in [1.165, 1.54) is 18.0 Å². The van der Waals surface area contributed by atoms with Crippen molar-refractivity contribution in [1.82, 2.24) is 9.80 Å². The molecule has 6 nitrogen and oxygen atoms in total. The first kappa shape index (κ1) is 12.6. The Labute approximate surface area is 105 Å². The molecule has 2 fully saturated rings. The molecule has 0 unspecified atom stereocenters. The van der Waals surface area contributed by atoms with Gasteiger partial charge in [0.25, 0.3) is 5.91 Å². The van der Waals surface area contributed by atoms with E-state index in [1.54, 1.807) is 7.05 Å². The topological polar surface area (TPSA) is 77.9 Å². The summed E-state index contributed by atoms with van der Waals surface area (Å²) in [5.74, 6) is -1.13. The Morgan fingerprint density at radius 1 is 1.28 bits per heavy atom. The molecule has 0 bridgehead atoms. The number of nitrogens with zero attached hydrogens (tertiary/aromatic N) is 2. The first-order valence-electron chi connectivity index (χ1n) is 5.87. The number of carbonyl (C=O) groups excluding carboxylic acids is 2. The third-order valence-electron chi connectivity index (χ3n) is 3.97. The van der Waals surface area contributed by atoms with Gasteiger partial charge in [0, 0.05) is 20.2 Å². The first-order valence-corrected chi connectivity index (χ1v) is 5.87. The highest BCUT2D eigenvalue weighted by Crippen LogP contribution is 2.40. The van der Waals surface area contributed by atoms with E-state index in [2.05, 4.69) is 0 Å². The van der Waals surface area contributed by atoms with Gasteiger partial charge in [0.1, 0.15) is 5.54 Å². The molecule has 1 heterocycles. The zero-order valence-corrected chi connectivity index (χ0v) is 10.5. The molecule has 1 N–H and O–H groups in total. The number of rotatable bonds is 1.